The van der Waals surface area contributed by atoms with Gasteiger partial charge in [0.15, 0.2) is 11.0 Å². The van der Waals surface area contributed by atoms with Crippen molar-refractivity contribution in [3.8, 4) is 5.69 Å². The summed E-state index contributed by atoms with van der Waals surface area (Å²) in [6.45, 7) is 7.38. The number of benzene rings is 4. The van der Waals surface area contributed by atoms with Crippen LogP contribution >= 0.6 is 11.8 Å². The van der Waals surface area contributed by atoms with Gasteiger partial charge < -0.3 is 4.57 Å². The van der Waals surface area contributed by atoms with Gasteiger partial charge in [-0.2, -0.15) is 0 Å². The molecule has 4 aromatic carbocycles. The molecule has 0 saturated heterocycles. The summed E-state index contributed by atoms with van der Waals surface area (Å²) in [4.78, 5) is 0. The Morgan fingerprint density at radius 2 is 1.27 bits per heavy atom. The maximum Gasteiger partial charge on any atom is 0.196 e. The average Bonchev–Trinajstić information content (AvgIpc) is 3.47. The molecule has 0 radical (unpaired) electrons. The summed E-state index contributed by atoms with van der Waals surface area (Å²) >= 11 is 1.73. The molecule has 0 spiro atoms. The fraction of sp³-hybridized carbons (Fsp3) is 0.188. The van der Waals surface area contributed by atoms with Crippen molar-refractivity contribution in [3.05, 3.63) is 120 Å². The largest absolute Gasteiger partial charge is 0.333 e. The van der Waals surface area contributed by atoms with Gasteiger partial charge in [0, 0.05) is 33.2 Å². The number of hydrogen-bond acceptors (Lipinski definition) is 3. The zero-order valence-electron chi connectivity index (χ0n) is 21.4. The summed E-state index contributed by atoms with van der Waals surface area (Å²) in [6, 6.07) is 36.6. The van der Waals surface area contributed by atoms with Crippen LogP contribution in [-0.2, 0) is 17.7 Å². The van der Waals surface area contributed by atoms with E-state index in [1.165, 1.54) is 32.9 Å². The lowest BCUT2D eigenvalue weighted by Crippen LogP contribution is -2.10. The molecule has 5 heteroatoms. The van der Waals surface area contributed by atoms with Crippen LogP contribution in [0.2, 0.25) is 0 Å². The molecule has 6 rings (SSSR count). The molecule has 0 N–H and O–H groups in total. The highest BCUT2D eigenvalue weighted by Gasteiger charge is 2.18. The van der Waals surface area contributed by atoms with Gasteiger partial charge in [-0.3, -0.25) is 4.57 Å². The van der Waals surface area contributed by atoms with Crippen molar-refractivity contribution >= 4 is 33.6 Å². The van der Waals surface area contributed by atoms with Crippen LogP contribution in [0.4, 0.5) is 0 Å². The third-order valence-corrected chi connectivity index (χ3v) is 7.88. The molecule has 4 nitrogen and oxygen atoms in total. The number of hydrogen-bond donors (Lipinski definition) is 0. The topological polar surface area (TPSA) is 35.6 Å². The van der Waals surface area contributed by atoms with Crippen molar-refractivity contribution in [2.75, 3.05) is 0 Å². The van der Waals surface area contributed by atoms with Crippen molar-refractivity contribution in [1.29, 1.82) is 0 Å². The molecular formula is C32H30N4S. The summed E-state index contributed by atoms with van der Waals surface area (Å²) in [5.41, 5.74) is 6.28. The zero-order chi connectivity index (χ0) is 25.4. The smallest absolute Gasteiger partial charge is 0.196 e. The summed E-state index contributed by atoms with van der Waals surface area (Å²) in [5.74, 6) is 1.76. The number of para-hydroxylation sites is 3. The summed E-state index contributed by atoms with van der Waals surface area (Å²) < 4.78 is 4.56. The van der Waals surface area contributed by atoms with Crippen molar-refractivity contribution in [2.24, 2.45) is 0 Å². The minimum atomic E-state index is 0.154. The minimum Gasteiger partial charge on any atom is -0.333 e. The van der Waals surface area contributed by atoms with Crippen LogP contribution < -0.4 is 0 Å². The highest BCUT2D eigenvalue weighted by molar-refractivity contribution is 7.98. The summed E-state index contributed by atoms with van der Waals surface area (Å²) in [7, 11) is 0. The second kappa shape index (κ2) is 9.56. The van der Waals surface area contributed by atoms with Gasteiger partial charge in [0.2, 0.25) is 0 Å². The van der Waals surface area contributed by atoms with Crippen molar-refractivity contribution in [3.63, 3.8) is 0 Å². The quantitative estimate of drug-likeness (QED) is 0.216. The SMILES string of the molecule is CC(C)(C)c1ccc(CSc2nnc(Cn3c4ccccc4c4ccccc43)n2-c2ccccc2)cc1. The van der Waals surface area contributed by atoms with Crippen molar-refractivity contribution in [1.82, 2.24) is 19.3 Å². The van der Waals surface area contributed by atoms with Crippen LogP contribution in [0.5, 0.6) is 0 Å². The van der Waals surface area contributed by atoms with Gasteiger partial charge in [-0.1, -0.05) is 111 Å². The van der Waals surface area contributed by atoms with Crippen LogP contribution in [0, 0.1) is 0 Å². The van der Waals surface area contributed by atoms with E-state index in [2.05, 4.69) is 132 Å². The molecule has 0 saturated carbocycles. The minimum absolute atomic E-state index is 0.154. The second-order valence-corrected chi connectivity index (χ2v) is 11.4. The monoisotopic (exact) mass is 502 g/mol. The van der Waals surface area contributed by atoms with E-state index in [4.69, 9.17) is 5.10 Å². The Balaban J connectivity index is 1.37. The highest BCUT2D eigenvalue weighted by atomic mass is 32.2. The standard InChI is InChI=1S/C32H30N4S/c1-32(2,3)24-19-17-23(18-20-24)22-37-31-34-33-30(36(31)25-11-5-4-6-12-25)21-35-28-15-9-7-13-26(28)27-14-8-10-16-29(27)35/h4-20H,21-22H2,1-3H3. The predicted molar refractivity (Wildman–Crippen MR) is 155 cm³/mol. The van der Waals surface area contributed by atoms with Gasteiger partial charge in [-0.05, 0) is 40.8 Å². The number of aromatic nitrogens is 4. The average molecular weight is 503 g/mol. The number of rotatable bonds is 6. The van der Waals surface area contributed by atoms with Gasteiger partial charge in [0.1, 0.15) is 0 Å². The Labute approximate surface area is 222 Å². The van der Waals surface area contributed by atoms with E-state index in [0.717, 1.165) is 22.4 Å². The van der Waals surface area contributed by atoms with E-state index in [9.17, 15) is 0 Å². The van der Waals surface area contributed by atoms with Crippen LogP contribution in [0.25, 0.3) is 27.5 Å². The fourth-order valence-electron chi connectivity index (χ4n) is 4.90. The molecule has 184 valence electrons. The third-order valence-electron chi connectivity index (χ3n) is 6.88. The lowest BCUT2D eigenvalue weighted by Gasteiger charge is -2.19. The predicted octanol–water partition coefficient (Wildman–Crippen LogP) is 8.01. The first kappa shape index (κ1) is 23.6. The van der Waals surface area contributed by atoms with E-state index in [0.29, 0.717) is 6.54 Å². The van der Waals surface area contributed by atoms with Crippen LogP contribution in [0.15, 0.2) is 108 Å². The molecule has 0 bridgehead atoms. The summed E-state index contributed by atoms with van der Waals surface area (Å²) in [6.07, 6.45) is 0. The molecular weight excluding hydrogens is 472 g/mol. The molecule has 0 aliphatic heterocycles. The fourth-order valence-corrected chi connectivity index (χ4v) is 5.82. The molecule has 2 heterocycles. The van der Waals surface area contributed by atoms with E-state index in [1.807, 2.05) is 6.07 Å². The van der Waals surface area contributed by atoms with Gasteiger partial charge in [0.25, 0.3) is 0 Å². The Bertz CT molecular complexity index is 1620. The van der Waals surface area contributed by atoms with Crippen LogP contribution in [0.1, 0.15) is 37.7 Å². The van der Waals surface area contributed by atoms with E-state index in [1.54, 1.807) is 11.8 Å². The normalized spacial score (nSPS) is 12.0. The van der Waals surface area contributed by atoms with Crippen molar-refractivity contribution < 1.29 is 0 Å². The maximum absolute atomic E-state index is 4.71. The van der Waals surface area contributed by atoms with E-state index >= 15 is 0 Å². The lowest BCUT2D eigenvalue weighted by molar-refractivity contribution is 0.590. The molecule has 0 aliphatic carbocycles. The van der Waals surface area contributed by atoms with E-state index in [-0.39, 0.29) is 5.41 Å². The van der Waals surface area contributed by atoms with Gasteiger partial charge >= 0.3 is 0 Å². The molecule has 2 aromatic heterocycles. The van der Waals surface area contributed by atoms with Crippen LogP contribution in [-0.4, -0.2) is 19.3 Å². The molecule has 0 atom stereocenters. The Hall–Kier alpha value is -3.83. The summed E-state index contributed by atoms with van der Waals surface area (Å²) in [5, 5.41) is 12.8. The lowest BCUT2D eigenvalue weighted by atomic mass is 9.87. The van der Waals surface area contributed by atoms with Gasteiger partial charge in [-0.25, -0.2) is 0 Å². The van der Waals surface area contributed by atoms with Gasteiger partial charge in [0.05, 0.1) is 6.54 Å². The van der Waals surface area contributed by atoms with Crippen molar-refractivity contribution in [2.45, 2.75) is 43.6 Å². The number of nitrogens with zero attached hydrogens (tertiary/aromatic N) is 4. The maximum atomic E-state index is 4.71. The first-order valence-corrected chi connectivity index (χ1v) is 13.7. The molecule has 37 heavy (non-hydrogen) atoms. The van der Waals surface area contributed by atoms with Gasteiger partial charge in [-0.15, -0.1) is 10.2 Å². The van der Waals surface area contributed by atoms with E-state index < -0.39 is 0 Å². The Morgan fingerprint density at radius 3 is 1.89 bits per heavy atom. The second-order valence-electron chi connectivity index (χ2n) is 10.4. The Morgan fingerprint density at radius 1 is 0.676 bits per heavy atom. The third kappa shape index (κ3) is 4.56. The number of thioether (sulfide) groups is 1. The molecule has 0 amide bonds. The first-order chi connectivity index (χ1) is 18.0. The molecule has 6 aromatic rings. The Kier molecular flexibility index (Phi) is 6.09. The van der Waals surface area contributed by atoms with Crippen LogP contribution in [0.3, 0.4) is 0 Å². The molecule has 0 aliphatic rings. The zero-order valence-corrected chi connectivity index (χ0v) is 22.2. The highest BCUT2D eigenvalue weighted by Crippen LogP contribution is 2.31. The molecule has 0 unspecified atom stereocenters. The molecule has 0 fully saturated rings. The first-order valence-electron chi connectivity index (χ1n) is 12.7. The number of fused-ring (bicyclic) bond motifs is 3.